The van der Waals surface area contributed by atoms with Crippen LogP contribution in [0.3, 0.4) is 0 Å². The Morgan fingerprint density at radius 2 is 1.69 bits per heavy atom. The first-order valence-corrected chi connectivity index (χ1v) is 5.64. The molecule has 0 aliphatic rings. The van der Waals surface area contributed by atoms with E-state index in [1.807, 2.05) is 30.3 Å². The molecule has 82 valence electrons. The molecule has 2 aromatic rings. The van der Waals surface area contributed by atoms with E-state index in [-0.39, 0.29) is 5.82 Å². The number of benzene rings is 2. The monoisotopic (exact) mass is 254 g/mol. The molecule has 0 radical (unpaired) electrons. The molecule has 1 atom stereocenters. The molecule has 0 aromatic heterocycles. The highest BCUT2D eigenvalue weighted by atomic mass is 35.5. The third-order valence-electron chi connectivity index (χ3n) is 2.32. The van der Waals surface area contributed by atoms with Crippen molar-refractivity contribution >= 4 is 23.2 Å². The molecular weight excluding hydrogens is 246 g/mol. The summed E-state index contributed by atoms with van der Waals surface area (Å²) in [6.45, 7) is 0. The Hall–Kier alpha value is -1.05. The van der Waals surface area contributed by atoms with Gasteiger partial charge in [0.2, 0.25) is 0 Å². The van der Waals surface area contributed by atoms with Crippen LogP contribution in [-0.2, 0) is 0 Å². The lowest BCUT2D eigenvalue weighted by atomic mass is 10.0. The molecule has 0 bridgehead atoms. The van der Waals surface area contributed by atoms with Gasteiger partial charge in [-0.05, 0) is 23.8 Å². The fourth-order valence-corrected chi connectivity index (χ4v) is 2.00. The van der Waals surface area contributed by atoms with Crippen LogP contribution < -0.4 is 0 Å². The predicted octanol–water partition coefficient (Wildman–Crippen LogP) is 4.81. The fraction of sp³-hybridized carbons (Fsp3) is 0.0769. The molecule has 2 aromatic carbocycles. The lowest BCUT2D eigenvalue weighted by Crippen LogP contribution is -1.96. The van der Waals surface area contributed by atoms with Gasteiger partial charge >= 0.3 is 0 Å². The van der Waals surface area contributed by atoms with Crippen molar-refractivity contribution in [2.75, 3.05) is 0 Å². The summed E-state index contributed by atoms with van der Waals surface area (Å²) in [6.07, 6.45) is 0. The fourth-order valence-electron chi connectivity index (χ4n) is 1.51. The number of halogens is 3. The van der Waals surface area contributed by atoms with Crippen molar-refractivity contribution in [2.24, 2.45) is 0 Å². The van der Waals surface area contributed by atoms with Gasteiger partial charge in [0.1, 0.15) is 5.82 Å². The number of alkyl halides is 1. The van der Waals surface area contributed by atoms with Gasteiger partial charge in [-0.25, -0.2) is 4.39 Å². The molecule has 0 spiro atoms. The zero-order valence-corrected chi connectivity index (χ0v) is 9.84. The van der Waals surface area contributed by atoms with Crippen LogP contribution in [0.15, 0.2) is 48.5 Å². The van der Waals surface area contributed by atoms with Crippen LogP contribution in [0.4, 0.5) is 4.39 Å². The maximum absolute atomic E-state index is 13.6. The Bertz CT molecular complexity index is 483. The van der Waals surface area contributed by atoms with E-state index in [0.29, 0.717) is 10.6 Å². The minimum Gasteiger partial charge on any atom is -0.207 e. The standard InChI is InChI=1S/C13H9Cl2F/c14-10-6-7-12(16)11(8-10)13(15)9-4-2-1-3-5-9/h1-8,13H. The van der Waals surface area contributed by atoms with Crippen molar-refractivity contribution in [3.63, 3.8) is 0 Å². The van der Waals surface area contributed by atoms with Gasteiger partial charge in [-0.2, -0.15) is 0 Å². The number of rotatable bonds is 2. The second-order valence-corrected chi connectivity index (χ2v) is 4.31. The molecule has 0 N–H and O–H groups in total. The highest BCUT2D eigenvalue weighted by Gasteiger charge is 2.15. The Kier molecular flexibility index (Phi) is 3.47. The molecule has 0 nitrogen and oxygen atoms in total. The highest BCUT2D eigenvalue weighted by molar-refractivity contribution is 6.30. The zero-order valence-electron chi connectivity index (χ0n) is 8.33. The molecule has 3 heteroatoms. The van der Waals surface area contributed by atoms with E-state index in [0.717, 1.165) is 5.56 Å². The molecule has 0 fully saturated rings. The molecule has 2 rings (SSSR count). The average Bonchev–Trinajstić information content (AvgIpc) is 2.32. The molecule has 1 unspecified atom stereocenters. The van der Waals surface area contributed by atoms with Crippen LogP contribution in [0.1, 0.15) is 16.5 Å². The molecule has 16 heavy (non-hydrogen) atoms. The van der Waals surface area contributed by atoms with Crippen LogP contribution in [0, 0.1) is 5.82 Å². The van der Waals surface area contributed by atoms with E-state index >= 15 is 0 Å². The minimum atomic E-state index is -0.514. The third-order valence-corrected chi connectivity index (χ3v) is 3.05. The van der Waals surface area contributed by atoms with Crippen LogP contribution in [0.2, 0.25) is 5.02 Å². The quantitative estimate of drug-likeness (QED) is 0.675. The van der Waals surface area contributed by atoms with Crippen molar-refractivity contribution in [3.8, 4) is 0 Å². The molecule has 0 saturated heterocycles. The smallest absolute Gasteiger partial charge is 0.128 e. The Morgan fingerprint density at radius 3 is 2.38 bits per heavy atom. The van der Waals surface area contributed by atoms with E-state index in [9.17, 15) is 4.39 Å². The Morgan fingerprint density at radius 1 is 1.00 bits per heavy atom. The van der Waals surface area contributed by atoms with E-state index in [4.69, 9.17) is 23.2 Å². The SMILES string of the molecule is Fc1ccc(Cl)cc1C(Cl)c1ccccc1. The van der Waals surface area contributed by atoms with Gasteiger partial charge < -0.3 is 0 Å². The van der Waals surface area contributed by atoms with Crippen molar-refractivity contribution in [1.29, 1.82) is 0 Å². The first kappa shape index (κ1) is 11.4. The van der Waals surface area contributed by atoms with Gasteiger partial charge in [0.05, 0.1) is 5.38 Å². The van der Waals surface area contributed by atoms with E-state index in [1.165, 1.54) is 12.1 Å². The Labute approximate surface area is 104 Å². The first-order valence-electron chi connectivity index (χ1n) is 4.82. The Balaban J connectivity index is 2.41. The average molecular weight is 255 g/mol. The van der Waals surface area contributed by atoms with Crippen molar-refractivity contribution < 1.29 is 4.39 Å². The molecule has 0 saturated carbocycles. The van der Waals surface area contributed by atoms with Crippen LogP contribution in [0.5, 0.6) is 0 Å². The summed E-state index contributed by atoms with van der Waals surface area (Å²) in [7, 11) is 0. The highest BCUT2D eigenvalue weighted by Crippen LogP contribution is 2.31. The second kappa shape index (κ2) is 4.86. The summed E-state index contributed by atoms with van der Waals surface area (Å²) < 4.78 is 13.6. The maximum atomic E-state index is 13.6. The first-order chi connectivity index (χ1) is 7.68. The summed E-state index contributed by atoms with van der Waals surface area (Å²) in [4.78, 5) is 0. The summed E-state index contributed by atoms with van der Waals surface area (Å²) in [5.74, 6) is -0.340. The van der Waals surface area contributed by atoms with Crippen LogP contribution in [-0.4, -0.2) is 0 Å². The minimum absolute atomic E-state index is 0.340. The maximum Gasteiger partial charge on any atom is 0.128 e. The van der Waals surface area contributed by atoms with Crippen molar-refractivity contribution in [2.45, 2.75) is 5.38 Å². The van der Waals surface area contributed by atoms with Crippen molar-refractivity contribution in [1.82, 2.24) is 0 Å². The van der Waals surface area contributed by atoms with Gasteiger partial charge in [-0.3, -0.25) is 0 Å². The number of hydrogen-bond donors (Lipinski definition) is 0. The normalized spacial score (nSPS) is 12.4. The van der Waals surface area contributed by atoms with Gasteiger partial charge in [0.25, 0.3) is 0 Å². The lowest BCUT2D eigenvalue weighted by Gasteiger charge is -2.11. The molecule has 0 aliphatic heterocycles. The van der Waals surface area contributed by atoms with Crippen LogP contribution >= 0.6 is 23.2 Å². The summed E-state index contributed by atoms with van der Waals surface area (Å²) in [5, 5.41) is -0.0297. The molecule has 0 aliphatic carbocycles. The van der Waals surface area contributed by atoms with E-state index in [1.54, 1.807) is 6.07 Å². The summed E-state index contributed by atoms with van der Waals surface area (Å²) >= 11 is 12.0. The zero-order chi connectivity index (χ0) is 11.5. The predicted molar refractivity (Wildman–Crippen MR) is 65.5 cm³/mol. The van der Waals surface area contributed by atoms with Gasteiger partial charge in [0.15, 0.2) is 0 Å². The van der Waals surface area contributed by atoms with Gasteiger partial charge in [0, 0.05) is 10.6 Å². The van der Waals surface area contributed by atoms with Gasteiger partial charge in [-0.15, -0.1) is 11.6 Å². The van der Waals surface area contributed by atoms with E-state index < -0.39 is 5.38 Å². The largest absolute Gasteiger partial charge is 0.207 e. The summed E-state index contributed by atoms with van der Waals surface area (Å²) in [5.41, 5.74) is 1.26. The van der Waals surface area contributed by atoms with E-state index in [2.05, 4.69) is 0 Å². The third kappa shape index (κ3) is 2.37. The van der Waals surface area contributed by atoms with Crippen LogP contribution in [0.25, 0.3) is 0 Å². The summed E-state index contributed by atoms with van der Waals surface area (Å²) in [6, 6.07) is 13.7. The molecular formula is C13H9Cl2F. The lowest BCUT2D eigenvalue weighted by molar-refractivity contribution is 0.612. The number of hydrogen-bond acceptors (Lipinski definition) is 0. The second-order valence-electron chi connectivity index (χ2n) is 3.44. The van der Waals surface area contributed by atoms with Crippen molar-refractivity contribution in [3.05, 3.63) is 70.5 Å². The molecule has 0 amide bonds. The molecule has 0 heterocycles. The topological polar surface area (TPSA) is 0 Å². The van der Waals surface area contributed by atoms with Gasteiger partial charge in [-0.1, -0.05) is 41.9 Å².